The highest BCUT2D eigenvalue weighted by atomic mass is 32.1. The van der Waals surface area contributed by atoms with E-state index in [9.17, 15) is 4.79 Å². The van der Waals surface area contributed by atoms with E-state index >= 15 is 0 Å². The van der Waals surface area contributed by atoms with Crippen molar-refractivity contribution in [1.29, 1.82) is 0 Å². The molecular formula is C12H21N3O2S. The molecule has 0 aliphatic heterocycles. The first-order valence-electron chi connectivity index (χ1n) is 6.24. The molecule has 102 valence electrons. The molecule has 0 spiro atoms. The Morgan fingerprint density at radius 2 is 2.33 bits per heavy atom. The number of amides is 2. The van der Waals surface area contributed by atoms with Crippen molar-refractivity contribution in [3.05, 3.63) is 16.6 Å². The van der Waals surface area contributed by atoms with Gasteiger partial charge in [0.25, 0.3) is 0 Å². The summed E-state index contributed by atoms with van der Waals surface area (Å²) in [5.41, 5.74) is 0. The minimum Gasteiger partial charge on any atom is -0.396 e. The summed E-state index contributed by atoms with van der Waals surface area (Å²) in [5.74, 6) is 0. The van der Waals surface area contributed by atoms with E-state index in [1.54, 1.807) is 17.5 Å². The molecule has 0 aliphatic rings. The number of nitrogens with one attached hydrogen (secondary N) is 2. The molecule has 1 heterocycles. The first kappa shape index (κ1) is 14.9. The van der Waals surface area contributed by atoms with E-state index in [-0.39, 0.29) is 24.7 Å². The Hall–Kier alpha value is -1.14. The molecule has 6 heteroatoms. The molecule has 1 aromatic rings. The standard InChI is InChI=1S/C12H21N3O2S/c1-3-10(11-13-6-8-18-11)15-12(17)14-9(2)5-4-7-16/h6,8-10,16H,3-5,7H2,1-2H3,(H2,14,15,17). The lowest BCUT2D eigenvalue weighted by Crippen LogP contribution is -2.42. The molecule has 0 saturated heterocycles. The Kier molecular flexibility index (Phi) is 6.67. The molecule has 0 fully saturated rings. The molecule has 2 amide bonds. The van der Waals surface area contributed by atoms with Gasteiger partial charge in [-0.25, -0.2) is 9.78 Å². The van der Waals surface area contributed by atoms with Crippen LogP contribution in [0.3, 0.4) is 0 Å². The van der Waals surface area contributed by atoms with Crippen LogP contribution in [-0.2, 0) is 0 Å². The summed E-state index contributed by atoms with van der Waals surface area (Å²) >= 11 is 1.54. The van der Waals surface area contributed by atoms with Crippen molar-refractivity contribution in [1.82, 2.24) is 15.6 Å². The zero-order chi connectivity index (χ0) is 13.4. The van der Waals surface area contributed by atoms with Crippen LogP contribution in [0.1, 0.15) is 44.2 Å². The van der Waals surface area contributed by atoms with E-state index in [0.29, 0.717) is 6.42 Å². The Bertz CT molecular complexity index is 343. The SMILES string of the molecule is CCC(NC(=O)NC(C)CCCO)c1nccs1. The van der Waals surface area contributed by atoms with Gasteiger partial charge in [0, 0.05) is 24.2 Å². The molecule has 3 N–H and O–H groups in total. The maximum absolute atomic E-state index is 11.8. The molecule has 0 aromatic carbocycles. The van der Waals surface area contributed by atoms with Gasteiger partial charge in [0.2, 0.25) is 0 Å². The summed E-state index contributed by atoms with van der Waals surface area (Å²) < 4.78 is 0. The van der Waals surface area contributed by atoms with Gasteiger partial charge < -0.3 is 15.7 Å². The zero-order valence-corrected chi connectivity index (χ0v) is 11.7. The topological polar surface area (TPSA) is 74.2 Å². The average molecular weight is 271 g/mol. The number of carbonyl (C=O) groups excluding carboxylic acids is 1. The molecule has 0 bridgehead atoms. The number of aromatic nitrogens is 1. The molecule has 0 aliphatic carbocycles. The van der Waals surface area contributed by atoms with Gasteiger partial charge in [-0.3, -0.25) is 0 Å². The molecule has 5 nitrogen and oxygen atoms in total. The molecule has 2 atom stereocenters. The van der Waals surface area contributed by atoms with Crippen molar-refractivity contribution in [2.24, 2.45) is 0 Å². The summed E-state index contributed by atoms with van der Waals surface area (Å²) in [6, 6.07) is -0.150. The quantitative estimate of drug-likeness (QED) is 0.710. The molecule has 2 unspecified atom stereocenters. The van der Waals surface area contributed by atoms with E-state index in [4.69, 9.17) is 5.11 Å². The number of thiazole rings is 1. The largest absolute Gasteiger partial charge is 0.396 e. The van der Waals surface area contributed by atoms with Crippen LogP contribution in [0.4, 0.5) is 4.79 Å². The highest BCUT2D eigenvalue weighted by Gasteiger charge is 2.15. The number of carbonyl (C=O) groups is 1. The second-order valence-corrected chi connectivity index (χ2v) is 5.14. The van der Waals surface area contributed by atoms with E-state index in [0.717, 1.165) is 17.8 Å². The number of hydrogen-bond acceptors (Lipinski definition) is 4. The predicted molar refractivity (Wildman–Crippen MR) is 72.6 cm³/mol. The summed E-state index contributed by atoms with van der Waals surface area (Å²) in [5, 5.41) is 17.3. The fraction of sp³-hybridized carbons (Fsp3) is 0.667. The van der Waals surface area contributed by atoms with Crippen molar-refractivity contribution >= 4 is 17.4 Å². The van der Waals surface area contributed by atoms with Crippen molar-refractivity contribution in [3.8, 4) is 0 Å². The van der Waals surface area contributed by atoms with Crippen molar-refractivity contribution in [2.45, 2.75) is 45.2 Å². The molecule has 0 saturated carbocycles. The lowest BCUT2D eigenvalue weighted by molar-refractivity contribution is 0.230. The Morgan fingerprint density at radius 1 is 1.56 bits per heavy atom. The van der Waals surface area contributed by atoms with Crippen LogP contribution < -0.4 is 10.6 Å². The second-order valence-electron chi connectivity index (χ2n) is 4.22. The smallest absolute Gasteiger partial charge is 0.315 e. The Labute approximate surface area is 112 Å². The highest BCUT2D eigenvalue weighted by Crippen LogP contribution is 2.18. The van der Waals surface area contributed by atoms with Crippen LogP contribution in [0.25, 0.3) is 0 Å². The highest BCUT2D eigenvalue weighted by molar-refractivity contribution is 7.09. The van der Waals surface area contributed by atoms with Crippen LogP contribution in [0.15, 0.2) is 11.6 Å². The lowest BCUT2D eigenvalue weighted by Gasteiger charge is -2.18. The molecule has 1 rings (SSSR count). The number of nitrogens with zero attached hydrogens (tertiary/aromatic N) is 1. The molecule has 1 aromatic heterocycles. The van der Waals surface area contributed by atoms with Gasteiger partial charge in [-0.05, 0) is 26.2 Å². The Morgan fingerprint density at radius 3 is 2.89 bits per heavy atom. The minimum absolute atomic E-state index is 0.0324. The van der Waals surface area contributed by atoms with Crippen LogP contribution >= 0.6 is 11.3 Å². The Balaban J connectivity index is 2.38. The van der Waals surface area contributed by atoms with Gasteiger partial charge in [-0.15, -0.1) is 11.3 Å². The summed E-state index contributed by atoms with van der Waals surface area (Å²) in [6.45, 7) is 4.10. The van der Waals surface area contributed by atoms with Crippen molar-refractivity contribution < 1.29 is 9.90 Å². The summed E-state index contributed by atoms with van der Waals surface area (Å²) in [4.78, 5) is 16.0. The maximum Gasteiger partial charge on any atom is 0.315 e. The van der Waals surface area contributed by atoms with Gasteiger partial charge in [-0.2, -0.15) is 0 Å². The van der Waals surface area contributed by atoms with E-state index in [1.807, 2.05) is 19.2 Å². The third-order valence-corrected chi connectivity index (χ3v) is 3.53. The zero-order valence-electron chi connectivity index (χ0n) is 10.8. The average Bonchev–Trinajstić information content (AvgIpc) is 2.87. The van der Waals surface area contributed by atoms with Crippen molar-refractivity contribution in [2.75, 3.05) is 6.61 Å². The predicted octanol–water partition coefficient (Wildman–Crippen LogP) is 2.05. The maximum atomic E-state index is 11.8. The molecule has 18 heavy (non-hydrogen) atoms. The monoisotopic (exact) mass is 271 g/mol. The van der Waals surface area contributed by atoms with Crippen LogP contribution in [-0.4, -0.2) is 28.8 Å². The van der Waals surface area contributed by atoms with E-state index in [1.165, 1.54) is 0 Å². The number of aliphatic hydroxyl groups is 1. The van der Waals surface area contributed by atoms with Crippen molar-refractivity contribution in [3.63, 3.8) is 0 Å². The normalized spacial score (nSPS) is 13.9. The third-order valence-electron chi connectivity index (χ3n) is 2.64. The summed E-state index contributed by atoms with van der Waals surface area (Å²) in [7, 11) is 0. The van der Waals surface area contributed by atoms with Gasteiger partial charge in [0.15, 0.2) is 0 Å². The molecule has 0 radical (unpaired) electrons. The van der Waals surface area contributed by atoms with Gasteiger partial charge >= 0.3 is 6.03 Å². The summed E-state index contributed by atoms with van der Waals surface area (Å²) in [6.07, 6.45) is 4.03. The van der Waals surface area contributed by atoms with Gasteiger partial charge in [0.05, 0.1) is 6.04 Å². The second kappa shape index (κ2) is 8.05. The number of hydrogen-bond donors (Lipinski definition) is 3. The van der Waals surface area contributed by atoms with Gasteiger partial charge in [-0.1, -0.05) is 6.92 Å². The van der Waals surface area contributed by atoms with E-state index in [2.05, 4.69) is 15.6 Å². The first-order chi connectivity index (χ1) is 8.67. The van der Waals surface area contributed by atoms with Crippen LogP contribution in [0.2, 0.25) is 0 Å². The fourth-order valence-corrected chi connectivity index (χ4v) is 2.41. The first-order valence-corrected chi connectivity index (χ1v) is 7.12. The van der Waals surface area contributed by atoms with Crippen LogP contribution in [0.5, 0.6) is 0 Å². The van der Waals surface area contributed by atoms with E-state index < -0.39 is 0 Å². The lowest BCUT2D eigenvalue weighted by atomic mass is 10.2. The third kappa shape index (κ3) is 5.01. The minimum atomic E-state index is -0.178. The number of aliphatic hydroxyl groups excluding tert-OH is 1. The van der Waals surface area contributed by atoms with Crippen LogP contribution in [0, 0.1) is 0 Å². The molecular weight excluding hydrogens is 250 g/mol. The number of urea groups is 1. The van der Waals surface area contributed by atoms with Gasteiger partial charge in [0.1, 0.15) is 5.01 Å². The fourth-order valence-electron chi connectivity index (χ4n) is 1.64. The number of rotatable bonds is 7.